The molecule has 1 aromatic heterocycles. The summed E-state index contributed by atoms with van der Waals surface area (Å²) in [5.74, 6) is 0.209. The molecular formula is C10H12O4. The van der Waals surface area contributed by atoms with Gasteiger partial charge < -0.3 is 14.3 Å². The molecule has 4 heteroatoms. The molecule has 1 aromatic rings. The van der Waals surface area contributed by atoms with Crippen LogP contribution in [0.4, 0.5) is 0 Å². The molecule has 0 saturated carbocycles. The summed E-state index contributed by atoms with van der Waals surface area (Å²) in [7, 11) is 1.29. The molecule has 1 rings (SSSR count). The van der Waals surface area contributed by atoms with Crippen molar-refractivity contribution >= 4 is 11.5 Å². The van der Waals surface area contributed by atoms with Crippen molar-refractivity contribution in [2.75, 3.05) is 13.7 Å². The Kier molecular flexibility index (Phi) is 3.48. The van der Waals surface area contributed by atoms with E-state index in [1.54, 1.807) is 19.1 Å². The molecule has 0 fully saturated rings. The van der Waals surface area contributed by atoms with Gasteiger partial charge in [0, 0.05) is 0 Å². The lowest BCUT2D eigenvalue weighted by molar-refractivity contribution is 0.0564. The maximum Gasteiger partial charge on any atom is 0.373 e. The van der Waals surface area contributed by atoms with Crippen molar-refractivity contribution in [1.82, 2.24) is 0 Å². The maximum absolute atomic E-state index is 11.0. The standard InChI is InChI=1S/C10H12O4/c1-7(5-6-11)8-3-4-9(14-8)10(12)13-2/h3-5,11H,6H2,1-2H3. The average Bonchev–Trinajstić information content (AvgIpc) is 2.66. The molecule has 0 bridgehead atoms. The molecule has 76 valence electrons. The normalized spacial score (nSPS) is 11.5. The monoisotopic (exact) mass is 196 g/mol. The molecule has 0 saturated heterocycles. The van der Waals surface area contributed by atoms with Crippen LogP contribution in [0.25, 0.3) is 5.57 Å². The third-order valence-corrected chi connectivity index (χ3v) is 1.78. The molecule has 0 aliphatic heterocycles. The Labute approximate surface area is 81.8 Å². The number of furan rings is 1. The molecule has 14 heavy (non-hydrogen) atoms. The summed E-state index contributed by atoms with van der Waals surface area (Å²) in [6, 6.07) is 3.20. The van der Waals surface area contributed by atoms with Crippen LogP contribution < -0.4 is 0 Å². The minimum Gasteiger partial charge on any atom is -0.463 e. The number of aliphatic hydroxyl groups is 1. The van der Waals surface area contributed by atoms with E-state index in [0.717, 1.165) is 5.57 Å². The van der Waals surface area contributed by atoms with Crippen LogP contribution in [-0.4, -0.2) is 24.8 Å². The number of allylic oxidation sites excluding steroid dienone is 1. The van der Waals surface area contributed by atoms with Gasteiger partial charge in [-0.05, 0) is 24.6 Å². The van der Waals surface area contributed by atoms with Gasteiger partial charge in [-0.15, -0.1) is 0 Å². The zero-order chi connectivity index (χ0) is 10.6. The zero-order valence-corrected chi connectivity index (χ0v) is 8.11. The van der Waals surface area contributed by atoms with E-state index in [1.807, 2.05) is 0 Å². The summed E-state index contributed by atoms with van der Waals surface area (Å²) in [6.07, 6.45) is 1.60. The van der Waals surface area contributed by atoms with Crippen molar-refractivity contribution in [3.05, 3.63) is 29.7 Å². The van der Waals surface area contributed by atoms with Crippen molar-refractivity contribution in [3.8, 4) is 0 Å². The summed E-state index contributed by atoms with van der Waals surface area (Å²) in [6.45, 7) is 1.73. The Morgan fingerprint density at radius 3 is 2.79 bits per heavy atom. The number of carbonyl (C=O) groups excluding carboxylic acids is 1. The molecule has 0 aliphatic carbocycles. The highest BCUT2D eigenvalue weighted by molar-refractivity contribution is 5.86. The maximum atomic E-state index is 11.0. The van der Waals surface area contributed by atoms with E-state index in [4.69, 9.17) is 9.52 Å². The van der Waals surface area contributed by atoms with E-state index in [2.05, 4.69) is 4.74 Å². The van der Waals surface area contributed by atoms with Crippen molar-refractivity contribution in [3.63, 3.8) is 0 Å². The number of ether oxygens (including phenoxy) is 1. The van der Waals surface area contributed by atoms with Crippen molar-refractivity contribution in [2.45, 2.75) is 6.92 Å². The summed E-state index contributed by atoms with van der Waals surface area (Å²) in [5.41, 5.74) is 0.780. The summed E-state index contributed by atoms with van der Waals surface area (Å²) in [5, 5.41) is 8.65. The van der Waals surface area contributed by atoms with Gasteiger partial charge in [0.15, 0.2) is 0 Å². The lowest BCUT2D eigenvalue weighted by Gasteiger charge is -1.95. The number of hydrogen-bond donors (Lipinski definition) is 1. The second kappa shape index (κ2) is 4.62. The Bertz CT molecular complexity index is 349. The quantitative estimate of drug-likeness (QED) is 0.743. The van der Waals surface area contributed by atoms with Gasteiger partial charge in [-0.2, -0.15) is 0 Å². The Balaban J connectivity index is 2.88. The number of aliphatic hydroxyl groups excluding tert-OH is 1. The van der Waals surface area contributed by atoms with Gasteiger partial charge in [0.1, 0.15) is 5.76 Å². The van der Waals surface area contributed by atoms with Gasteiger partial charge in [0.25, 0.3) is 0 Å². The minimum atomic E-state index is -0.506. The first-order valence-corrected chi connectivity index (χ1v) is 4.15. The fourth-order valence-corrected chi connectivity index (χ4v) is 0.998. The highest BCUT2D eigenvalue weighted by Crippen LogP contribution is 2.17. The lowest BCUT2D eigenvalue weighted by atomic mass is 10.2. The van der Waals surface area contributed by atoms with Gasteiger partial charge in [-0.3, -0.25) is 0 Å². The van der Waals surface area contributed by atoms with E-state index in [1.165, 1.54) is 13.2 Å². The van der Waals surface area contributed by atoms with Crippen LogP contribution >= 0.6 is 0 Å². The first kappa shape index (κ1) is 10.5. The number of carbonyl (C=O) groups is 1. The molecule has 1 heterocycles. The summed E-state index contributed by atoms with van der Waals surface area (Å²) in [4.78, 5) is 11.0. The van der Waals surface area contributed by atoms with Gasteiger partial charge in [-0.1, -0.05) is 6.08 Å². The van der Waals surface area contributed by atoms with Crippen LogP contribution in [0.5, 0.6) is 0 Å². The molecule has 0 unspecified atom stereocenters. The molecule has 0 aliphatic rings. The number of methoxy groups -OCH3 is 1. The highest BCUT2D eigenvalue weighted by Gasteiger charge is 2.11. The smallest absolute Gasteiger partial charge is 0.373 e. The third kappa shape index (κ3) is 2.23. The molecule has 0 radical (unpaired) electrons. The SMILES string of the molecule is COC(=O)c1ccc(C(C)=CCO)o1. The van der Waals surface area contributed by atoms with Crippen LogP contribution in [0.1, 0.15) is 23.2 Å². The fraction of sp³-hybridized carbons (Fsp3) is 0.300. The minimum absolute atomic E-state index is 0.0555. The van der Waals surface area contributed by atoms with Crippen molar-refractivity contribution < 1.29 is 19.1 Å². The molecule has 0 atom stereocenters. The third-order valence-electron chi connectivity index (χ3n) is 1.78. The molecular weight excluding hydrogens is 184 g/mol. The average molecular weight is 196 g/mol. The van der Waals surface area contributed by atoms with Gasteiger partial charge in [0.05, 0.1) is 13.7 Å². The van der Waals surface area contributed by atoms with E-state index in [9.17, 15) is 4.79 Å². The fourth-order valence-electron chi connectivity index (χ4n) is 0.998. The number of rotatable bonds is 3. The molecule has 1 N–H and O–H groups in total. The van der Waals surface area contributed by atoms with Gasteiger partial charge in [0.2, 0.25) is 5.76 Å². The predicted octanol–water partition coefficient (Wildman–Crippen LogP) is 1.46. The highest BCUT2D eigenvalue weighted by atomic mass is 16.5. The molecule has 0 spiro atoms. The van der Waals surface area contributed by atoms with Crippen LogP contribution in [0, 0.1) is 0 Å². The second-order valence-electron chi connectivity index (χ2n) is 2.73. The largest absolute Gasteiger partial charge is 0.463 e. The number of esters is 1. The predicted molar refractivity (Wildman–Crippen MR) is 50.8 cm³/mol. The van der Waals surface area contributed by atoms with E-state index in [-0.39, 0.29) is 12.4 Å². The lowest BCUT2D eigenvalue weighted by Crippen LogP contribution is -1.98. The summed E-state index contributed by atoms with van der Waals surface area (Å²) < 4.78 is 9.68. The van der Waals surface area contributed by atoms with Crippen molar-refractivity contribution in [2.24, 2.45) is 0 Å². The van der Waals surface area contributed by atoms with E-state index in [0.29, 0.717) is 5.76 Å². The van der Waals surface area contributed by atoms with Gasteiger partial charge in [-0.25, -0.2) is 4.79 Å². The Morgan fingerprint density at radius 1 is 1.57 bits per heavy atom. The van der Waals surface area contributed by atoms with E-state index >= 15 is 0 Å². The second-order valence-corrected chi connectivity index (χ2v) is 2.73. The van der Waals surface area contributed by atoms with Crippen LogP contribution in [0.2, 0.25) is 0 Å². The van der Waals surface area contributed by atoms with Crippen LogP contribution in [0.3, 0.4) is 0 Å². The van der Waals surface area contributed by atoms with E-state index < -0.39 is 5.97 Å². The van der Waals surface area contributed by atoms with Crippen LogP contribution in [0.15, 0.2) is 22.6 Å². The Morgan fingerprint density at radius 2 is 2.21 bits per heavy atom. The molecule has 0 aromatic carbocycles. The van der Waals surface area contributed by atoms with Crippen LogP contribution in [-0.2, 0) is 4.74 Å². The topological polar surface area (TPSA) is 59.7 Å². The molecule has 0 amide bonds. The Hall–Kier alpha value is -1.55. The molecule has 4 nitrogen and oxygen atoms in total. The first-order valence-electron chi connectivity index (χ1n) is 4.15. The number of hydrogen-bond acceptors (Lipinski definition) is 4. The zero-order valence-electron chi connectivity index (χ0n) is 8.11. The first-order chi connectivity index (χ1) is 6.69. The van der Waals surface area contributed by atoms with Crippen molar-refractivity contribution in [1.29, 1.82) is 0 Å². The summed E-state index contributed by atoms with van der Waals surface area (Å²) >= 11 is 0. The van der Waals surface area contributed by atoms with Gasteiger partial charge >= 0.3 is 5.97 Å².